The predicted octanol–water partition coefficient (Wildman–Crippen LogP) is 18.0. The van der Waals surface area contributed by atoms with Crippen LogP contribution >= 0.6 is 0 Å². The number of ketones is 3. The second-order valence-corrected chi connectivity index (χ2v) is 28.8. The zero-order valence-electron chi connectivity index (χ0n) is 61.6. The van der Waals surface area contributed by atoms with Gasteiger partial charge in [-0.25, -0.2) is 15.0 Å². The monoisotopic (exact) mass is 1250 g/mol. The molecule has 1 fully saturated rings. The molecule has 0 spiro atoms. The Hall–Kier alpha value is -6.51. The van der Waals surface area contributed by atoms with Gasteiger partial charge in [-0.3, -0.25) is 28.8 Å². The van der Waals surface area contributed by atoms with E-state index in [2.05, 4.69) is 192 Å². The van der Waals surface area contributed by atoms with Crippen LogP contribution in [-0.4, -0.2) is 103 Å². The Labute approximate surface area is 546 Å². The van der Waals surface area contributed by atoms with Crippen LogP contribution in [0.3, 0.4) is 0 Å². The number of anilines is 3. The molecular weight excluding hydrogens is 1120 g/mol. The molecule has 15 nitrogen and oxygen atoms in total. The maximum absolute atomic E-state index is 12.2. The predicted molar refractivity (Wildman–Crippen MR) is 377 cm³/mol. The molecule has 0 aliphatic carbocycles. The fourth-order valence-corrected chi connectivity index (χ4v) is 9.10. The maximum Gasteiger partial charge on any atom is 0.227 e. The van der Waals surface area contributed by atoms with Gasteiger partial charge in [0.25, 0.3) is 0 Å². The summed E-state index contributed by atoms with van der Waals surface area (Å²) in [4.78, 5) is 91.5. The van der Waals surface area contributed by atoms with Crippen molar-refractivity contribution in [1.29, 1.82) is 0 Å². The van der Waals surface area contributed by atoms with Gasteiger partial charge in [0, 0.05) is 105 Å². The first kappa shape index (κ1) is 81.5. The molecule has 1 aliphatic rings. The van der Waals surface area contributed by atoms with E-state index in [4.69, 9.17) is 0 Å². The lowest BCUT2D eigenvalue weighted by molar-refractivity contribution is -0.162. The van der Waals surface area contributed by atoms with E-state index in [1.807, 2.05) is 83.1 Å². The Morgan fingerprint density at radius 2 is 0.489 bits per heavy atom. The van der Waals surface area contributed by atoms with Gasteiger partial charge < -0.3 is 30.7 Å². The van der Waals surface area contributed by atoms with Crippen LogP contribution in [0.15, 0.2) is 54.6 Å². The van der Waals surface area contributed by atoms with Gasteiger partial charge in [-0.2, -0.15) is 0 Å². The van der Waals surface area contributed by atoms with Crippen molar-refractivity contribution in [2.24, 2.45) is 35.5 Å². The number of amides is 3. The Kier molecular flexibility index (Phi) is 34.7. The fraction of sp³-hybridized carbons (Fsp3) is 0.640. The molecule has 4 aromatic rings. The molecule has 0 atom stereocenters. The molecule has 1 aromatic heterocycles. The number of nitrogens with one attached hydrogen (secondary N) is 3. The number of aromatic nitrogens is 3. The summed E-state index contributed by atoms with van der Waals surface area (Å²) in [6, 6.07) is 19.7. The van der Waals surface area contributed by atoms with Gasteiger partial charge >= 0.3 is 0 Å². The Morgan fingerprint density at radius 3 is 0.633 bits per heavy atom. The smallest absolute Gasteiger partial charge is 0.227 e. The Bertz CT molecular complexity index is 2490. The van der Waals surface area contributed by atoms with Crippen molar-refractivity contribution in [1.82, 2.24) is 29.7 Å². The largest absolute Gasteiger partial charge is 0.383 e. The number of carbonyl (C=O) groups excluding carboxylic acids is 6. The van der Waals surface area contributed by atoms with Gasteiger partial charge in [0.2, 0.25) is 17.7 Å². The van der Waals surface area contributed by atoms with Crippen LogP contribution in [0.4, 0.5) is 17.1 Å². The summed E-state index contributed by atoms with van der Waals surface area (Å²) in [5, 5.41) is 10.4. The van der Waals surface area contributed by atoms with Gasteiger partial charge in [-0.1, -0.05) is 184 Å². The minimum Gasteiger partial charge on any atom is -0.383 e. The van der Waals surface area contributed by atoms with Crippen LogP contribution in [0.5, 0.6) is 0 Å². The standard InChI is InChI=1S/C18H24O3.C15H27N3O3.C15H27N3.C15H24.C12H21N3/c1-10(2)16(19)13-7-14(17(20)11(3)4)9-15(8-13)18(21)12(5)6;1-10(2)13(19)16-7-17(14(20)11(3)4)9-18(8-16)15(21)12(5)6;1-10(2)16-13-7-14(17-11(3)4)9-15(8-13)18-12(5)6;1-10(2)13-7-14(11(3)4)9-15(8-13)12(5)6;1-7(2)10-13-11(8(3)4)15-12(14-10)9(5)6/h7-12H,1-6H3;10-12H,7-9H2,1-6H3;7-12,16-18H,1-6H3;7-12H,1-6H3;7-9H,1-6H3. The maximum atomic E-state index is 12.2. The molecule has 1 saturated heterocycles. The topological polar surface area (TPSA) is 187 Å². The number of hydrogen-bond acceptors (Lipinski definition) is 12. The van der Waals surface area contributed by atoms with Gasteiger partial charge in [0.1, 0.15) is 17.5 Å². The van der Waals surface area contributed by atoms with Crippen LogP contribution in [0.2, 0.25) is 0 Å². The van der Waals surface area contributed by atoms with Crippen molar-refractivity contribution in [2.75, 3.05) is 36.0 Å². The van der Waals surface area contributed by atoms with Crippen LogP contribution in [0, 0.1) is 35.5 Å². The lowest BCUT2D eigenvalue weighted by Gasteiger charge is -2.43. The number of benzene rings is 3. The molecule has 0 bridgehead atoms. The van der Waals surface area contributed by atoms with Crippen molar-refractivity contribution < 1.29 is 28.8 Å². The van der Waals surface area contributed by atoms with E-state index in [0.717, 1.165) is 34.5 Å². The fourth-order valence-electron chi connectivity index (χ4n) is 9.10. The SMILES string of the molecule is CC(C)C(=O)N1CN(C(=O)C(C)C)CN(C(=O)C(C)C)C1.CC(C)C(=O)c1cc(C(=O)C(C)C)cc(C(=O)C(C)C)c1.CC(C)Nc1cc(NC(C)C)cc(NC(C)C)c1.CC(C)c1cc(C(C)C)cc(C(C)C)c1.CC(C)c1nc(C(C)C)nc(C(C)C)n1. The first-order valence-electron chi connectivity index (χ1n) is 33.5. The second-order valence-electron chi connectivity index (χ2n) is 28.8. The molecule has 3 N–H and O–H groups in total. The number of carbonyl (C=O) groups is 6. The highest BCUT2D eigenvalue weighted by atomic mass is 16.2. The molecule has 5 rings (SSSR count). The van der Waals surface area contributed by atoms with E-state index in [0.29, 0.717) is 70.3 Å². The molecular formula is C75H123N9O6. The zero-order chi connectivity index (χ0) is 69.5. The van der Waals surface area contributed by atoms with Crippen molar-refractivity contribution >= 4 is 52.1 Å². The molecule has 3 amide bonds. The molecule has 0 saturated carbocycles. The summed E-state index contributed by atoms with van der Waals surface area (Å²) >= 11 is 0. The van der Waals surface area contributed by atoms with Crippen LogP contribution in [0.1, 0.15) is 308 Å². The highest BCUT2D eigenvalue weighted by molar-refractivity contribution is 6.07. The molecule has 90 heavy (non-hydrogen) atoms. The molecule has 0 unspecified atom stereocenters. The average molecular weight is 1250 g/mol. The third-order valence-electron chi connectivity index (χ3n) is 14.3. The van der Waals surface area contributed by atoms with Crippen LogP contribution in [0.25, 0.3) is 0 Å². The van der Waals surface area contributed by atoms with Crippen molar-refractivity contribution in [2.45, 2.75) is 261 Å². The first-order chi connectivity index (χ1) is 41.5. The molecule has 3 aromatic carbocycles. The minimum absolute atomic E-state index is 0.0437. The van der Waals surface area contributed by atoms with E-state index >= 15 is 0 Å². The minimum atomic E-state index is -0.170. The molecule has 1 aliphatic heterocycles. The van der Waals surface area contributed by atoms with Gasteiger partial charge in [-0.05, 0) is 112 Å². The van der Waals surface area contributed by atoms with Gasteiger partial charge in [0.05, 0.1) is 20.0 Å². The average Bonchev–Trinajstić information content (AvgIpc) is 3.28. The summed E-state index contributed by atoms with van der Waals surface area (Å²) in [5.41, 5.74) is 9.22. The number of hydrogen-bond donors (Lipinski definition) is 3. The number of Topliss-reactive ketones (excluding diaryl/α,β-unsaturated/α-hetero) is 3. The molecule has 504 valence electrons. The van der Waals surface area contributed by atoms with E-state index < -0.39 is 0 Å². The van der Waals surface area contributed by atoms with Crippen molar-refractivity contribution in [3.63, 3.8) is 0 Å². The highest BCUT2D eigenvalue weighted by Crippen LogP contribution is 2.28. The van der Waals surface area contributed by atoms with Gasteiger partial charge in [0.15, 0.2) is 17.3 Å². The molecule has 2 heterocycles. The summed E-state index contributed by atoms with van der Waals surface area (Å²) in [6.45, 7) is 61.7. The van der Waals surface area contributed by atoms with E-state index in [1.165, 1.54) is 16.7 Å². The quantitative estimate of drug-likeness (QED) is 0.0671. The van der Waals surface area contributed by atoms with E-state index in [9.17, 15) is 28.8 Å². The lowest BCUT2D eigenvalue weighted by Crippen LogP contribution is -2.61. The normalized spacial score (nSPS) is 12.6. The highest BCUT2D eigenvalue weighted by Gasteiger charge is 2.34. The Balaban J connectivity index is 0.000000566. The first-order valence-corrected chi connectivity index (χ1v) is 33.5. The summed E-state index contributed by atoms with van der Waals surface area (Å²) in [5.74, 6) is 4.45. The number of nitrogens with zero attached hydrogens (tertiary/aromatic N) is 6. The van der Waals surface area contributed by atoms with Crippen molar-refractivity contribution in [3.8, 4) is 0 Å². The number of rotatable bonds is 21. The second kappa shape index (κ2) is 38.4. The van der Waals surface area contributed by atoms with Crippen LogP contribution in [-0.2, 0) is 14.4 Å². The van der Waals surface area contributed by atoms with E-state index in [1.54, 1.807) is 32.9 Å². The van der Waals surface area contributed by atoms with Crippen molar-refractivity contribution in [3.05, 3.63) is 105 Å². The zero-order valence-corrected chi connectivity index (χ0v) is 61.6. The molecule has 15 heteroatoms. The summed E-state index contributed by atoms with van der Waals surface area (Å²) in [7, 11) is 0. The van der Waals surface area contributed by atoms with Gasteiger partial charge in [-0.15, -0.1) is 0 Å². The summed E-state index contributed by atoms with van der Waals surface area (Å²) < 4.78 is 0. The third-order valence-corrected chi connectivity index (χ3v) is 14.3. The van der Waals surface area contributed by atoms with Crippen LogP contribution < -0.4 is 16.0 Å². The molecule has 0 radical (unpaired) electrons. The summed E-state index contributed by atoms with van der Waals surface area (Å²) in [6.07, 6.45) is 0. The lowest BCUT2D eigenvalue weighted by atomic mass is 9.90. The van der Waals surface area contributed by atoms with E-state index in [-0.39, 0.29) is 90.6 Å². The Morgan fingerprint density at radius 1 is 0.289 bits per heavy atom. The third kappa shape index (κ3) is 27.9.